The number of halogens is 2. The lowest BCUT2D eigenvalue weighted by molar-refractivity contribution is -0.135. The number of nitrogens with one attached hydrogen (secondary N) is 1. The molecule has 0 bridgehead atoms. The lowest BCUT2D eigenvalue weighted by Crippen LogP contribution is -2.57. The van der Waals surface area contributed by atoms with Crippen molar-refractivity contribution < 1.29 is 18.7 Å². The van der Waals surface area contributed by atoms with Crippen molar-refractivity contribution in [2.75, 3.05) is 30.4 Å². The van der Waals surface area contributed by atoms with Gasteiger partial charge >= 0.3 is 0 Å². The van der Waals surface area contributed by atoms with Crippen molar-refractivity contribution in [2.45, 2.75) is 32.9 Å². The molecule has 38 heavy (non-hydrogen) atoms. The van der Waals surface area contributed by atoms with Gasteiger partial charge in [0.25, 0.3) is 5.91 Å². The van der Waals surface area contributed by atoms with Gasteiger partial charge in [0.15, 0.2) is 0 Å². The molecular weight excluding hydrogens is 505 g/mol. The molecule has 1 aliphatic rings. The Balaban J connectivity index is 1.74. The van der Waals surface area contributed by atoms with Gasteiger partial charge in [-0.05, 0) is 66.4 Å². The van der Waals surface area contributed by atoms with Crippen LogP contribution >= 0.6 is 11.6 Å². The van der Waals surface area contributed by atoms with Crippen LogP contribution in [0.5, 0.6) is 11.5 Å². The zero-order valence-electron chi connectivity index (χ0n) is 21.9. The highest BCUT2D eigenvalue weighted by molar-refractivity contribution is 6.30. The quantitative estimate of drug-likeness (QED) is 0.375. The third kappa shape index (κ3) is 6.34. The lowest BCUT2D eigenvalue weighted by atomic mass is 9.98. The molecule has 2 amide bonds. The van der Waals surface area contributed by atoms with Crippen LogP contribution in [-0.2, 0) is 9.59 Å². The Hall–Kier alpha value is -3.42. The van der Waals surface area contributed by atoms with Crippen LogP contribution in [0, 0.1) is 18.7 Å². The molecule has 1 fully saturated rings. The van der Waals surface area contributed by atoms with Gasteiger partial charge in [-0.25, -0.2) is 4.39 Å². The van der Waals surface area contributed by atoms with Crippen molar-refractivity contribution in [2.24, 2.45) is 5.92 Å². The third-order valence-electron chi connectivity index (χ3n) is 6.79. The van der Waals surface area contributed by atoms with Gasteiger partial charge < -0.3 is 15.0 Å². The number of ether oxygens (including phenoxy) is 1. The first-order valence-electron chi connectivity index (χ1n) is 12.8. The number of piperazine rings is 1. The van der Waals surface area contributed by atoms with Gasteiger partial charge in [-0.2, -0.15) is 0 Å². The first-order valence-corrected chi connectivity index (χ1v) is 13.3. The largest absolute Gasteiger partial charge is 0.457 e. The monoisotopic (exact) mass is 537 g/mol. The number of benzene rings is 3. The van der Waals surface area contributed by atoms with E-state index < -0.39 is 17.8 Å². The molecule has 1 N–H and O–H groups in total. The second kappa shape index (κ2) is 12.4. The second-order valence-electron chi connectivity index (χ2n) is 9.80. The molecule has 2 atom stereocenters. The van der Waals surface area contributed by atoms with Crippen molar-refractivity contribution in [1.82, 2.24) is 10.2 Å². The van der Waals surface area contributed by atoms with Crippen molar-refractivity contribution >= 4 is 29.1 Å². The highest BCUT2D eigenvalue weighted by Crippen LogP contribution is 2.35. The summed E-state index contributed by atoms with van der Waals surface area (Å²) in [7, 11) is 0. The van der Waals surface area contributed by atoms with Crippen LogP contribution in [0.25, 0.3) is 0 Å². The minimum atomic E-state index is -1.01. The molecule has 0 aromatic heterocycles. The molecule has 1 heterocycles. The van der Waals surface area contributed by atoms with E-state index in [2.05, 4.69) is 19.2 Å². The molecule has 0 saturated carbocycles. The maximum absolute atomic E-state index is 14.1. The normalized spacial score (nSPS) is 16.3. The number of carbonyl (C=O) groups excluding carboxylic acids is 2. The van der Waals surface area contributed by atoms with E-state index in [0.717, 1.165) is 5.56 Å². The lowest BCUT2D eigenvalue weighted by Gasteiger charge is -2.40. The highest BCUT2D eigenvalue weighted by Gasteiger charge is 2.37. The number of carbonyl (C=O) groups is 2. The maximum atomic E-state index is 14.1. The Kier molecular flexibility index (Phi) is 9.02. The van der Waals surface area contributed by atoms with Gasteiger partial charge in [0.2, 0.25) is 5.91 Å². The van der Waals surface area contributed by atoms with Crippen LogP contribution < -0.4 is 15.0 Å². The standard InChI is InChI=1S/C30H33ClFN3O3/c1-20(2)26-19-34(16-15-33-26)30(37)29(22-9-11-23(32)12-10-22)35(28(36)18-31)27-14-13-25(17-21(27)3)38-24-7-5-4-6-8-24/h4-14,17,20,26,29,33H,15-16,18-19H2,1-3H3/t26-,29+/m0/s1. The Labute approximate surface area is 228 Å². The van der Waals surface area contributed by atoms with Crippen LogP contribution in [0.3, 0.4) is 0 Å². The average Bonchev–Trinajstić information content (AvgIpc) is 2.93. The van der Waals surface area contributed by atoms with Crippen LogP contribution in [-0.4, -0.2) is 48.3 Å². The number of rotatable bonds is 8. The number of alkyl halides is 1. The molecule has 0 spiro atoms. The number of aryl methyl sites for hydroxylation is 1. The van der Waals surface area contributed by atoms with Crippen molar-refractivity contribution in [3.8, 4) is 11.5 Å². The minimum Gasteiger partial charge on any atom is -0.457 e. The Morgan fingerprint density at radius 1 is 1.08 bits per heavy atom. The first-order chi connectivity index (χ1) is 18.3. The summed E-state index contributed by atoms with van der Waals surface area (Å²) in [5.41, 5.74) is 1.78. The second-order valence-corrected chi connectivity index (χ2v) is 10.1. The van der Waals surface area contributed by atoms with E-state index in [1.807, 2.05) is 43.3 Å². The molecule has 3 aromatic carbocycles. The molecule has 0 aliphatic carbocycles. The summed E-state index contributed by atoms with van der Waals surface area (Å²) < 4.78 is 19.8. The summed E-state index contributed by atoms with van der Waals surface area (Å²) in [5, 5.41) is 3.46. The molecule has 1 aliphatic heterocycles. The number of anilines is 1. The Morgan fingerprint density at radius 2 is 1.79 bits per heavy atom. The van der Waals surface area contributed by atoms with E-state index >= 15 is 0 Å². The Bertz CT molecular complexity index is 1250. The molecule has 200 valence electrons. The van der Waals surface area contributed by atoms with Crippen molar-refractivity contribution in [3.63, 3.8) is 0 Å². The molecule has 0 radical (unpaired) electrons. The van der Waals surface area contributed by atoms with E-state index in [1.54, 1.807) is 29.2 Å². The summed E-state index contributed by atoms with van der Waals surface area (Å²) in [5.74, 6) is 0.220. The van der Waals surface area contributed by atoms with Crippen molar-refractivity contribution in [3.05, 3.63) is 89.7 Å². The van der Waals surface area contributed by atoms with Gasteiger partial charge in [0.1, 0.15) is 29.2 Å². The number of hydrogen-bond donors (Lipinski definition) is 1. The van der Waals surface area contributed by atoms with Gasteiger partial charge in [-0.3, -0.25) is 14.5 Å². The first kappa shape index (κ1) is 27.6. The van der Waals surface area contributed by atoms with Gasteiger partial charge in [0, 0.05) is 31.4 Å². The number of para-hydroxylation sites is 1. The third-order valence-corrected chi connectivity index (χ3v) is 7.02. The fraction of sp³-hybridized carbons (Fsp3) is 0.333. The summed E-state index contributed by atoms with van der Waals surface area (Å²) >= 11 is 6.09. The maximum Gasteiger partial charge on any atom is 0.250 e. The van der Waals surface area contributed by atoms with Crippen LogP contribution in [0.2, 0.25) is 0 Å². The molecule has 4 rings (SSSR count). The van der Waals surface area contributed by atoms with Crippen LogP contribution in [0.4, 0.5) is 10.1 Å². The predicted molar refractivity (Wildman–Crippen MR) is 148 cm³/mol. The molecule has 1 saturated heterocycles. The average molecular weight is 538 g/mol. The van der Waals surface area contributed by atoms with Crippen molar-refractivity contribution in [1.29, 1.82) is 0 Å². The van der Waals surface area contributed by atoms with E-state index in [9.17, 15) is 14.0 Å². The summed E-state index contributed by atoms with van der Waals surface area (Å²) in [6, 6.07) is 19.6. The molecule has 3 aromatic rings. The number of amides is 2. The van der Waals surface area contributed by atoms with E-state index in [-0.39, 0.29) is 17.8 Å². The predicted octanol–water partition coefficient (Wildman–Crippen LogP) is 5.70. The van der Waals surface area contributed by atoms with E-state index in [4.69, 9.17) is 16.3 Å². The zero-order valence-corrected chi connectivity index (χ0v) is 22.6. The minimum absolute atomic E-state index is 0.134. The van der Waals surface area contributed by atoms with Gasteiger partial charge in [-0.1, -0.05) is 44.2 Å². The number of nitrogens with zero attached hydrogens (tertiary/aromatic N) is 2. The summed E-state index contributed by atoms with van der Waals surface area (Å²) in [6.07, 6.45) is 0. The Morgan fingerprint density at radius 3 is 2.42 bits per heavy atom. The zero-order chi connectivity index (χ0) is 27.2. The summed E-state index contributed by atoms with van der Waals surface area (Å²) in [4.78, 5) is 30.8. The topological polar surface area (TPSA) is 61.9 Å². The van der Waals surface area contributed by atoms with Gasteiger partial charge in [0.05, 0.1) is 0 Å². The smallest absolute Gasteiger partial charge is 0.250 e. The van der Waals surface area contributed by atoms with Gasteiger partial charge in [-0.15, -0.1) is 11.6 Å². The van der Waals surface area contributed by atoms with E-state index in [0.29, 0.717) is 48.3 Å². The van der Waals surface area contributed by atoms with Crippen LogP contribution in [0.15, 0.2) is 72.8 Å². The molecule has 0 unspecified atom stereocenters. The number of hydrogen-bond acceptors (Lipinski definition) is 4. The highest BCUT2D eigenvalue weighted by atomic mass is 35.5. The molecule has 6 nitrogen and oxygen atoms in total. The summed E-state index contributed by atoms with van der Waals surface area (Å²) in [6.45, 7) is 7.74. The fourth-order valence-corrected chi connectivity index (χ4v) is 4.84. The van der Waals surface area contributed by atoms with Crippen LogP contribution in [0.1, 0.15) is 31.0 Å². The SMILES string of the molecule is Cc1cc(Oc2ccccc2)ccc1N(C(=O)CCl)[C@@H](C(=O)N1CCN[C@H](C(C)C)C1)c1ccc(F)cc1. The fourth-order valence-electron chi connectivity index (χ4n) is 4.71. The molecular formula is C30H33ClFN3O3. The van der Waals surface area contributed by atoms with E-state index in [1.165, 1.54) is 17.0 Å². The molecule has 8 heteroatoms.